The van der Waals surface area contributed by atoms with Gasteiger partial charge in [-0.15, -0.1) is 0 Å². The monoisotopic (exact) mass is 442 g/mol. The summed E-state index contributed by atoms with van der Waals surface area (Å²) in [5.41, 5.74) is 0.338. The van der Waals surface area contributed by atoms with Crippen LogP contribution < -0.4 is 10.1 Å². The first-order valence-corrected chi connectivity index (χ1v) is 11.0. The number of anilines is 1. The Bertz CT molecular complexity index is 943. The number of amides is 1. The van der Waals surface area contributed by atoms with Gasteiger partial charge in [0.2, 0.25) is 10.0 Å². The lowest BCUT2D eigenvalue weighted by molar-refractivity contribution is -0.118. The number of halogens is 2. The van der Waals surface area contributed by atoms with Crippen molar-refractivity contribution in [3.63, 3.8) is 0 Å². The van der Waals surface area contributed by atoms with Crippen LogP contribution in [0, 0.1) is 0 Å². The largest absolute Gasteiger partial charge is 0.484 e. The lowest BCUT2D eigenvalue weighted by Gasteiger charge is -2.26. The Balaban J connectivity index is 1.68. The highest BCUT2D eigenvalue weighted by Gasteiger charge is 2.28. The summed E-state index contributed by atoms with van der Waals surface area (Å²) < 4.78 is 32.6. The summed E-state index contributed by atoms with van der Waals surface area (Å²) in [5.74, 6) is 0.0858. The highest BCUT2D eigenvalue weighted by Crippen LogP contribution is 2.29. The molecule has 1 aliphatic rings. The average Bonchev–Trinajstić information content (AvgIpc) is 2.69. The predicted octanol–water partition coefficient (Wildman–Crippen LogP) is 4.19. The second kappa shape index (κ2) is 9.13. The van der Waals surface area contributed by atoms with E-state index in [4.69, 9.17) is 27.9 Å². The Morgan fingerprint density at radius 1 is 1.04 bits per heavy atom. The molecule has 0 unspecified atom stereocenters. The van der Waals surface area contributed by atoms with Gasteiger partial charge in [0.25, 0.3) is 5.91 Å². The lowest BCUT2D eigenvalue weighted by Crippen LogP contribution is -2.35. The van der Waals surface area contributed by atoms with E-state index in [1.54, 1.807) is 30.3 Å². The van der Waals surface area contributed by atoms with E-state index in [1.165, 1.54) is 16.4 Å². The molecule has 150 valence electrons. The van der Waals surface area contributed by atoms with Crippen molar-refractivity contribution < 1.29 is 17.9 Å². The first-order chi connectivity index (χ1) is 13.4. The van der Waals surface area contributed by atoms with Crippen LogP contribution in [-0.2, 0) is 14.8 Å². The number of nitrogens with zero attached hydrogens (tertiary/aromatic N) is 1. The van der Waals surface area contributed by atoms with Gasteiger partial charge in [0, 0.05) is 23.8 Å². The summed E-state index contributed by atoms with van der Waals surface area (Å²) in [6, 6.07) is 11.0. The molecule has 1 amide bonds. The van der Waals surface area contributed by atoms with Crippen molar-refractivity contribution in [2.45, 2.75) is 24.2 Å². The highest BCUT2D eigenvalue weighted by atomic mass is 35.5. The summed E-state index contributed by atoms with van der Waals surface area (Å²) in [6.07, 6.45) is 2.67. The van der Waals surface area contributed by atoms with Crippen LogP contribution in [0.25, 0.3) is 0 Å². The molecule has 1 aliphatic heterocycles. The number of rotatable bonds is 6. The van der Waals surface area contributed by atoms with Crippen LogP contribution in [0.1, 0.15) is 19.3 Å². The lowest BCUT2D eigenvalue weighted by atomic mass is 10.2. The van der Waals surface area contributed by atoms with E-state index in [1.807, 2.05) is 0 Å². The number of hydrogen-bond acceptors (Lipinski definition) is 4. The van der Waals surface area contributed by atoms with E-state index in [0.29, 0.717) is 29.5 Å². The van der Waals surface area contributed by atoms with Gasteiger partial charge in [-0.3, -0.25) is 4.79 Å². The summed E-state index contributed by atoms with van der Waals surface area (Å²) in [7, 11) is -3.70. The highest BCUT2D eigenvalue weighted by molar-refractivity contribution is 7.89. The van der Waals surface area contributed by atoms with E-state index < -0.39 is 15.9 Å². The molecule has 0 radical (unpaired) electrons. The smallest absolute Gasteiger partial charge is 0.262 e. The molecule has 2 aromatic rings. The van der Waals surface area contributed by atoms with Gasteiger partial charge in [0.15, 0.2) is 6.61 Å². The molecule has 0 spiro atoms. The molecule has 1 saturated heterocycles. The fourth-order valence-corrected chi connectivity index (χ4v) is 5.04. The zero-order valence-corrected chi connectivity index (χ0v) is 17.4. The third-order valence-corrected chi connectivity index (χ3v) is 6.96. The maximum absolute atomic E-state index is 12.9. The van der Waals surface area contributed by atoms with E-state index in [0.717, 1.165) is 19.3 Å². The molecule has 1 N–H and O–H groups in total. The van der Waals surface area contributed by atoms with E-state index in [9.17, 15) is 13.2 Å². The average molecular weight is 443 g/mol. The van der Waals surface area contributed by atoms with Gasteiger partial charge in [0.05, 0.1) is 5.02 Å². The fraction of sp³-hybridized carbons (Fsp3) is 0.316. The first-order valence-electron chi connectivity index (χ1n) is 8.84. The van der Waals surface area contributed by atoms with Crippen molar-refractivity contribution in [3.8, 4) is 5.75 Å². The van der Waals surface area contributed by atoms with Gasteiger partial charge in [0.1, 0.15) is 10.6 Å². The molecule has 28 heavy (non-hydrogen) atoms. The summed E-state index contributed by atoms with van der Waals surface area (Å²) >= 11 is 11.9. The summed E-state index contributed by atoms with van der Waals surface area (Å²) in [6.45, 7) is 0.729. The van der Waals surface area contributed by atoms with Crippen molar-refractivity contribution >= 4 is 44.8 Å². The zero-order valence-electron chi connectivity index (χ0n) is 15.0. The van der Waals surface area contributed by atoms with Gasteiger partial charge < -0.3 is 10.1 Å². The normalized spacial score (nSPS) is 15.2. The van der Waals surface area contributed by atoms with Crippen LogP contribution in [0.2, 0.25) is 10.0 Å². The molecule has 3 rings (SSSR count). The minimum Gasteiger partial charge on any atom is -0.484 e. The Kier molecular flexibility index (Phi) is 6.82. The summed E-state index contributed by atoms with van der Waals surface area (Å²) in [4.78, 5) is 12.1. The number of ether oxygens (including phenoxy) is 1. The van der Waals surface area contributed by atoms with Crippen LogP contribution in [-0.4, -0.2) is 38.3 Å². The molecule has 1 heterocycles. The number of nitrogens with one attached hydrogen (secondary N) is 1. The van der Waals surface area contributed by atoms with Crippen LogP contribution in [0.3, 0.4) is 0 Å². The molecule has 0 aliphatic carbocycles. The van der Waals surface area contributed by atoms with Crippen molar-refractivity contribution in [1.29, 1.82) is 0 Å². The van der Waals surface area contributed by atoms with Gasteiger partial charge in [-0.2, -0.15) is 4.31 Å². The van der Waals surface area contributed by atoms with Crippen LogP contribution in [0.15, 0.2) is 47.4 Å². The molecular weight excluding hydrogens is 423 g/mol. The quantitative estimate of drug-likeness (QED) is 0.727. The second-order valence-corrected chi connectivity index (χ2v) is 9.15. The molecule has 0 bridgehead atoms. The molecule has 2 aromatic carbocycles. The van der Waals surface area contributed by atoms with Crippen molar-refractivity contribution in [1.82, 2.24) is 4.31 Å². The van der Waals surface area contributed by atoms with Crippen LogP contribution in [0.4, 0.5) is 5.69 Å². The number of sulfonamides is 1. The van der Waals surface area contributed by atoms with Crippen LogP contribution >= 0.6 is 23.2 Å². The van der Waals surface area contributed by atoms with Gasteiger partial charge in [-0.05, 0) is 55.3 Å². The zero-order chi connectivity index (χ0) is 20.1. The molecule has 9 heteroatoms. The van der Waals surface area contributed by atoms with Crippen molar-refractivity contribution in [3.05, 3.63) is 52.5 Å². The van der Waals surface area contributed by atoms with E-state index in [-0.39, 0.29) is 16.5 Å². The van der Waals surface area contributed by atoms with E-state index >= 15 is 0 Å². The minimum atomic E-state index is -3.70. The maximum atomic E-state index is 12.9. The van der Waals surface area contributed by atoms with Gasteiger partial charge in [-0.1, -0.05) is 29.6 Å². The van der Waals surface area contributed by atoms with Gasteiger partial charge in [-0.25, -0.2) is 8.42 Å². The van der Waals surface area contributed by atoms with Gasteiger partial charge >= 0.3 is 0 Å². The second-order valence-electron chi connectivity index (χ2n) is 6.40. The number of benzene rings is 2. The number of piperidine rings is 1. The maximum Gasteiger partial charge on any atom is 0.262 e. The molecule has 6 nitrogen and oxygen atoms in total. The van der Waals surface area contributed by atoms with Crippen molar-refractivity contribution in [2.75, 3.05) is 25.0 Å². The fourth-order valence-electron chi connectivity index (χ4n) is 2.90. The Morgan fingerprint density at radius 3 is 2.39 bits per heavy atom. The number of hydrogen-bond donors (Lipinski definition) is 1. The Labute approximate surface area is 174 Å². The van der Waals surface area contributed by atoms with Crippen molar-refractivity contribution in [2.24, 2.45) is 0 Å². The third-order valence-electron chi connectivity index (χ3n) is 4.33. The van der Waals surface area contributed by atoms with Crippen LogP contribution in [0.5, 0.6) is 5.75 Å². The molecular formula is C19H20Cl2N2O4S. The topological polar surface area (TPSA) is 75.7 Å². The molecule has 0 atom stereocenters. The SMILES string of the molecule is O=C(COc1ccc(Cl)cc1)Nc1ccc(Cl)c(S(=O)(=O)N2CCCCC2)c1. The Morgan fingerprint density at radius 2 is 1.71 bits per heavy atom. The molecule has 1 fully saturated rings. The number of carbonyl (C=O) groups is 1. The molecule has 0 aromatic heterocycles. The standard InChI is InChI=1S/C19H20Cl2N2O4S/c20-14-4-7-16(8-5-14)27-13-19(24)22-15-6-9-17(21)18(12-15)28(25,26)23-10-2-1-3-11-23/h4-9,12H,1-3,10-11,13H2,(H,22,24). The minimum absolute atomic E-state index is 0.00696. The summed E-state index contributed by atoms with van der Waals surface area (Å²) in [5, 5.41) is 3.33. The number of carbonyl (C=O) groups excluding carboxylic acids is 1. The first kappa shape index (κ1) is 20.9. The molecule has 0 saturated carbocycles. The van der Waals surface area contributed by atoms with E-state index in [2.05, 4.69) is 5.32 Å². The Hall–Kier alpha value is -1.80. The third kappa shape index (κ3) is 5.17. The predicted molar refractivity (Wildman–Crippen MR) is 110 cm³/mol.